The Kier molecular flexibility index (Phi) is 2.96. The minimum Gasteiger partial charge on any atom is -0.488 e. The van der Waals surface area contributed by atoms with Crippen molar-refractivity contribution in [2.45, 2.75) is 19.1 Å². The topological polar surface area (TPSA) is 31.2 Å². The first-order chi connectivity index (χ1) is 8.72. The lowest BCUT2D eigenvalue weighted by molar-refractivity contribution is 0.207. The Morgan fingerprint density at radius 2 is 2.11 bits per heavy atom. The number of benzene rings is 1. The van der Waals surface area contributed by atoms with E-state index < -0.39 is 0 Å². The number of pyridine rings is 1. The summed E-state index contributed by atoms with van der Waals surface area (Å²) in [7, 11) is 0. The van der Waals surface area contributed by atoms with Gasteiger partial charge in [0.1, 0.15) is 11.9 Å². The van der Waals surface area contributed by atoms with Crippen LogP contribution in [0.25, 0.3) is 0 Å². The van der Waals surface area contributed by atoms with Gasteiger partial charge in [0.05, 0.1) is 6.54 Å². The number of nitrogens with zero attached hydrogens (tertiary/aromatic N) is 1. The molecule has 1 aliphatic rings. The van der Waals surface area contributed by atoms with Crippen molar-refractivity contribution in [3.8, 4) is 5.75 Å². The minimum atomic E-state index is -0.00208. The molecule has 0 fully saturated rings. The van der Waals surface area contributed by atoms with Crippen molar-refractivity contribution in [2.75, 3.05) is 0 Å². The second kappa shape index (κ2) is 4.61. The van der Waals surface area contributed by atoms with Crippen LogP contribution in [-0.2, 0) is 13.0 Å². The van der Waals surface area contributed by atoms with Gasteiger partial charge in [-0.05, 0) is 33.6 Å². The molecule has 3 rings (SSSR count). The number of fused-ring (bicyclic) bond motifs is 1. The third-order valence-electron chi connectivity index (χ3n) is 3.06. The van der Waals surface area contributed by atoms with E-state index in [9.17, 15) is 4.79 Å². The Hall–Kier alpha value is -1.55. The molecule has 0 radical (unpaired) electrons. The van der Waals surface area contributed by atoms with E-state index in [-0.39, 0.29) is 11.7 Å². The van der Waals surface area contributed by atoms with E-state index in [0.29, 0.717) is 6.54 Å². The number of hydrogen-bond acceptors (Lipinski definition) is 2. The van der Waals surface area contributed by atoms with Gasteiger partial charge in [0.15, 0.2) is 0 Å². The largest absolute Gasteiger partial charge is 0.488 e. The molecule has 2 heterocycles. The Balaban J connectivity index is 1.80. The maximum atomic E-state index is 11.7. The van der Waals surface area contributed by atoms with Gasteiger partial charge in [-0.25, -0.2) is 0 Å². The quantitative estimate of drug-likeness (QED) is 0.854. The first kappa shape index (κ1) is 11.5. The Bertz CT molecular complexity index is 611. The van der Waals surface area contributed by atoms with Gasteiger partial charge in [-0.1, -0.05) is 18.2 Å². The van der Waals surface area contributed by atoms with Crippen LogP contribution in [0.15, 0.2) is 51.9 Å². The van der Waals surface area contributed by atoms with Crippen LogP contribution in [0, 0.1) is 0 Å². The van der Waals surface area contributed by atoms with Gasteiger partial charge >= 0.3 is 0 Å². The SMILES string of the molecule is O=c1ccc(Br)cn1C[C@@H]1Cc2ccccc2O1. The number of rotatable bonds is 2. The van der Waals surface area contributed by atoms with Gasteiger partial charge in [0, 0.05) is 23.2 Å². The van der Waals surface area contributed by atoms with E-state index in [1.54, 1.807) is 22.9 Å². The summed E-state index contributed by atoms with van der Waals surface area (Å²) >= 11 is 3.37. The van der Waals surface area contributed by atoms with Crippen molar-refractivity contribution < 1.29 is 4.74 Å². The fourth-order valence-electron chi connectivity index (χ4n) is 2.22. The average Bonchev–Trinajstić information content (AvgIpc) is 2.76. The second-order valence-corrected chi connectivity index (χ2v) is 5.31. The van der Waals surface area contributed by atoms with Crippen LogP contribution in [-0.4, -0.2) is 10.7 Å². The molecular formula is C14H12BrNO2. The standard InChI is InChI=1S/C14H12BrNO2/c15-11-5-6-14(17)16(8-11)9-12-7-10-3-1-2-4-13(10)18-12/h1-6,8,12H,7,9H2/t12-/m0/s1. The highest BCUT2D eigenvalue weighted by molar-refractivity contribution is 9.10. The molecule has 0 saturated heterocycles. The van der Waals surface area contributed by atoms with Gasteiger partial charge in [0.25, 0.3) is 5.56 Å². The predicted octanol–water partition coefficient (Wildman–Crippen LogP) is 2.61. The van der Waals surface area contributed by atoms with Gasteiger partial charge in [-0.2, -0.15) is 0 Å². The summed E-state index contributed by atoms with van der Waals surface area (Å²) in [6.45, 7) is 0.576. The first-order valence-electron chi connectivity index (χ1n) is 5.83. The van der Waals surface area contributed by atoms with Gasteiger partial charge in [-0.15, -0.1) is 0 Å². The molecule has 0 unspecified atom stereocenters. The van der Waals surface area contributed by atoms with Crippen molar-refractivity contribution in [2.24, 2.45) is 0 Å². The zero-order chi connectivity index (χ0) is 12.5. The number of halogens is 1. The van der Waals surface area contributed by atoms with Crippen LogP contribution in [0.3, 0.4) is 0 Å². The molecule has 0 aliphatic carbocycles. The molecule has 2 aromatic rings. The van der Waals surface area contributed by atoms with Crippen LogP contribution in [0.4, 0.5) is 0 Å². The van der Waals surface area contributed by atoms with Gasteiger partial charge in [-0.3, -0.25) is 4.79 Å². The second-order valence-electron chi connectivity index (χ2n) is 4.39. The molecule has 1 aromatic heterocycles. The van der Waals surface area contributed by atoms with Crippen LogP contribution in [0.5, 0.6) is 5.75 Å². The van der Waals surface area contributed by atoms with Crippen molar-refractivity contribution in [1.82, 2.24) is 4.57 Å². The molecule has 0 N–H and O–H groups in total. The smallest absolute Gasteiger partial charge is 0.250 e. The van der Waals surface area contributed by atoms with Crippen molar-refractivity contribution in [3.05, 3.63) is 63.0 Å². The number of hydrogen-bond donors (Lipinski definition) is 0. The monoisotopic (exact) mass is 305 g/mol. The van der Waals surface area contributed by atoms with Crippen LogP contribution in [0.2, 0.25) is 0 Å². The first-order valence-corrected chi connectivity index (χ1v) is 6.62. The third-order valence-corrected chi connectivity index (χ3v) is 3.53. The predicted molar refractivity (Wildman–Crippen MR) is 73.0 cm³/mol. The van der Waals surface area contributed by atoms with Crippen LogP contribution < -0.4 is 10.3 Å². The van der Waals surface area contributed by atoms with E-state index >= 15 is 0 Å². The van der Waals surface area contributed by atoms with Crippen LogP contribution in [0.1, 0.15) is 5.56 Å². The van der Waals surface area contributed by atoms with Gasteiger partial charge < -0.3 is 9.30 Å². The summed E-state index contributed by atoms with van der Waals surface area (Å²) in [5.74, 6) is 0.936. The van der Waals surface area contributed by atoms with E-state index in [1.807, 2.05) is 18.2 Å². The highest BCUT2D eigenvalue weighted by Crippen LogP contribution is 2.28. The van der Waals surface area contributed by atoms with E-state index in [4.69, 9.17) is 4.74 Å². The Morgan fingerprint density at radius 1 is 1.28 bits per heavy atom. The van der Waals surface area contributed by atoms with Gasteiger partial charge in [0.2, 0.25) is 0 Å². The molecule has 0 bridgehead atoms. The summed E-state index contributed by atoms with van der Waals surface area (Å²) in [5, 5.41) is 0. The lowest BCUT2D eigenvalue weighted by Gasteiger charge is -2.12. The Morgan fingerprint density at radius 3 is 2.94 bits per heavy atom. The molecular weight excluding hydrogens is 294 g/mol. The van der Waals surface area contributed by atoms with Crippen molar-refractivity contribution in [1.29, 1.82) is 0 Å². The maximum Gasteiger partial charge on any atom is 0.250 e. The molecule has 4 heteroatoms. The normalized spacial score (nSPS) is 17.3. The molecule has 1 aliphatic heterocycles. The summed E-state index contributed by atoms with van der Waals surface area (Å²) in [6.07, 6.45) is 2.69. The zero-order valence-corrected chi connectivity index (χ0v) is 11.3. The molecule has 0 saturated carbocycles. The molecule has 0 spiro atoms. The number of ether oxygens (including phenoxy) is 1. The van der Waals surface area contributed by atoms with Crippen molar-refractivity contribution in [3.63, 3.8) is 0 Å². The zero-order valence-electron chi connectivity index (χ0n) is 9.67. The molecule has 1 atom stereocenters. The molecule has 1 aromatic carbocycles. The lowest BCUT2D eigenvalue weighted by Crippen LogP contribution is -2.28. The van der Waals surface area contributed by atoms with Crippen molar-refractivity contribution >= 4 is 15.9 Å². The minimum absolute atomic E-state index is 0.00208. The van der Waals surface area contributed by atoms with E-state index in [0.717, 1.165) is 16.6 Å². The lowest BCUT2D eigenvalue weighted by atomic mass is 10.1. The summed E-state index contributed by atoms with van der Waals surface area (Å²) in [6, 6.07) is 11.3. The maximum absolute atomic E-state index is 11.7. The van der Waals surface area contributed by atoms with Crippen LogP contribution >= 0.6 is 15.9 Å². The molecule has 92 valence electrons. The summed E-state index contributed by atoms with van der Waals surface area (Å²) < 4.78 is 8.41. The fourth-order valence-corrected chi connectivity index (χ4v) is 2.60. The number of para-hydroxylation sites is 1. The average molecular weight is 306 g/mol. The highest BCUT2D eigenvalue weighted by atomic mass is 79.9. The fraction of sp³-hybridized carbons (Fsp3) is 0.214. The number of aromatic nitrogens is 1. The molecule has 0 amide bonds. The summed E-state index contributed by atoms with van der Waals surface area (Å²) in [5.41, 5.74) is 1.21. The highest BCUT2D eigenvalue weighted by Gasteiger charge is 2.22. The third kappa shape index (κ3) is 2.20. The Labute approximate surface area is 113 Å². The molecule has 18 heavy (non-hydrogen) atoms. The van der Waals surface area contributed by atoms with E-state index in [1.165, 1.54) is 5.56 Å². The molecule has 3 nitrogen and oxygen atoms in total. The summed E-state index contributed by atoms with van der Waals surface area (Å²) in [4.78, 5) is 11.7. The van der Waals surface area contributed by atoms with E-state index in [2.05, 4.69) is 22.0 Å².